The molecule has 1 rings (SSSR count). The van der Waals surface area contributed by atoms with Crippen molar-refractivity contribution < 1.29 is 31.5 Å². The first-order valence-corrected chi connectivity index (χ1v) is 14.3. The third-order valence-electron chi connectivity index (χ3n) is 4.52. The Labute approximate surface area is 201 Å². The van der Waals surface area contributed by atoms with Crippen molar-refractivity contribution in [3.63, 3.8) is 0 Å². The molecule has 0 bridgehead atoms. The summed E-state index contributed by atoms with van der Waals surface area (Å²) in [5.41, 5.74) is 0. The Kier molecular flexibility index (Phi) is 17.5. The largest absolute Gasteiger partial charge is 0.726 e. The highest BCUT2D eigenvalue weighted by Gasteiger charge is 2.09. The second kappa shape index (κ2) is 18.5. The molecule has 0 radical (unpaired) electrons. The number of benzene rings is 1. The molecule has 0 heterocycles. The monoisotopic (exact) mass is 503 g/mol. The second-order valence-electron chi connectivity index (χ2n) is 7.41. The minimum absolute atomic E-state index is 0.0959. The molecule has 0 spiro atoms. The standard InChI is InChI=1S/C22H33NO3S.CH4O4S/c1-4-21(24)23-18-12-10-8-6-5-7-9-11-13-22(25)26-19-14-16-20(17-15-19)27(2)3;1-5-6(2,3)4/h4,14-17H,1,5-13,18H2,2-3H3;1H3,(H,2,3,4). The molecule has 0 aromatic heterocycles. The maximum Gasteiger partial charge on any atom is 0.311 e. The molecule has 33 heavy (non-hydrogen) atoms. The molecule has 0 atom stereocenters. The van der Waals surface area contributed by atoms with Gasteiger partial charge >= 0.3 is 5.97 Å². The van der Waals surface area contributed by atoms with Gasteiger partial charge in [-0.1, -0.05) is 45.1 Å². The van der Waals surface area contributed by atoms with E-state index in [1.54, 1.807) is 0 Å². The third kappa shape index (κ3) is 19.3. The molecule has 0 aliphatic carbocycles. The molecule has 1 N–H and O–H groups in total. The zero-order chi connectivity index (χ0) is 25.1. The molecule has 188 valence electrons. The van der Waals surface area contributed by atoms with E-state index in [4.69, 9.17) is 4.74 Å². The zero-order valence-corrected chi connectivity index (χ0v) is 21.5. The van der Waals surface area contributed by atoms with Gasteiger partial charge in [-0.2, -0.15) is 0 Å². The lowest BCUT2D eigenvalue weighted by Crippen LogP contribution is -2.21. The highest BCUT2D eigenvalue weighted by atomic mass is 32.3. The third-order valence-corrected chi connectivity index (χ3v) is 6.15. The van der Waals surface area contributed by atoms with Crippen molar-refractivity contribution in [1.82, 2.24) is 5.32 Å². The van der Waals surface area contributed by atoms with Crippen LogP contribution in [-0.2, 0) is 35.1 Å². The molecule has 1 amide bonds. The van der Waals surface area contributed by atoms with Gasteiger partial charge in [-0.3, -0.25) is 13.8 Å². The van der Waals surface area contributed by atoms with Crippen LogP contribution in [-0.4, -0.2) is 51.0 Å². The number of hydrogen-bond acceptors (Lipinski definition) is 7. The predicted octanol–water partition coefficient (Wildman–Crippen LogP) is 3.73. The van der Waals surface area contributed by atoms with E-state index in [0.717, 1.165) is 45.8 Å². The molecule has 1 aromatic carbocycles. The Morgan fingerprint density at radius 1 is 1.00 bits per heavy atom. The molecule has 0 saturated carbocycles. The Hall–Kier alpha value is -1.88. The van der Waals surface area contributed by atoms with Crippen LogP contribution in [0.4, 0.5) is 0 Å². The van der Waals surface area contributed by atoms with E-state index in [2.05, 4.69) is 28.6 Å². The van der Waals surface area contributed by atoms with Crippen LogP contribution in [0.3, 0.4) is 0 Å². The summed E-state index contributed by atoms with van der Waals surface area (Å²) in [4.78, 5) is 24.1. The highest BCUT2D eigenvalue weighted by molar-refractivity contribution is 7.95. The van der Waals surface area contributed by atoms with Gasteiger partial charge in [-0.15, -0.1) is 0 Å². The van der Waals surface area contributed by atoms with Crippen LogP contribution in [0.15, 0.2) is 41.8 Å². The van der Waals surface area contributed by atoms with Crippen molar-refractivity contribution in [3.05, 3.63) is 36.9 Å². The molecule has 0 unspecified atom stereocenters. The van der Waals surface area contributed by atoms with E-state index in [1.165, 1.54) is 30.2 Å². The van der Waals surface area contributed by atoms with Crippen LogP contribution in [0.5, 0.6) is 5.75 Å². The summed E-state index contributed by atoms with van der Waals surface area (Å²) in [6, 6.07) is 7.81. The topological polar surface area (TPSA) is 122 Å². The first kappa shape index (κ1) is 31.1. The molecular formula is C23H37NO7S2. The average molecular weight is 504 g/mol. The highest BCUT2D eigenvalue weighted by Crippen LogP contribution is 2.17. The number of rotatable bonds is 15. The maximum atomic E-state index is 11.9. The number of nitrogens with one attached hydrogen (secondary N) is 1. The van der Waals surface area contributed by atoms with Crippen LogP contribution < -0.4 is 10.1 Å². The van der Waals surface area contributed by atoms with Crippen LogP contribution in [0.25, 0.3) is 0 Å². The number of carbonyl (C=O) groups excluding carboxylic acids is 2. The van der Waals surface area contributed by atoms with Gasteiger partial charge < -0.3 is 14.6 Å². The lowest BCUT2D eigenvalue weighted by Gasteiger charge is -2.05. The summed E-state index contributed by atoms with van der Waals surface area (Å²) >= 11 is 0. The molecule has 10 heteroatoms. The molecule has 0 saturated heterocycles. The van der Waals surface area contributed by atoms with Crippen molar-refractivity contribution in [1.29, 1.82) is 0 Å². The van der Waals surface area contributed by atoms with Crippen molar-refractivity contribution in [2.24, 2.45) is 0 Å². The quantitative estimate of drug-likeness (QED) is 0.0736. The van der Waals surface area contributed by atoms with Gasteiger partial charge in [0.25, 0.3) is 0 Å². The lowest BCUT2D eigenvalue weighted by atomic mass is 10.1. The zero-order valence-electron chi connectivity index (χ0n) is 19.8. The maximum absolute atomic E-state index is 11.9. The fourth-order valence-electron chi connectivity index (χ4n) is 2.70. The summed E-state index contributed by atoms with van der Waals surface area (Å²) in [7, 11) is -3.38. The number of hydrogen-bond donors (Lipinski definition) is 1. The first-order valence-electron chi connectivity index (χ1n) is 10.9. The normalized spacial score (nSPS) is 10.8. The van der Waals surface area contributed by atoms with E-state index < -0.39 is 10.4 Å². The number of amides is 1. The van der Waals surface area contributed by atoms with E-state index in [1.807, 2.05) is 24.3 Å². The van der Waals surface area contributed by atoms with Crippen LogP contribution in [0, 0.1) is 0 Å². The van der Waals surface area contributed by atoms with E-state index >= 15 is 0 Å². The average Bonchev–Trinajstić information content (AvgIpc) is 2.77. The minimum Gasteiger partial charge on any atom is -0.726 e. The van der Waals surface area contributed by atoms with Gasteiger partial charge in [0.15, 0.2) is 4.90 Å². The van der Waals surface area contributed by atoms with Gasteiger partial charge in [0.2, 0.25) is 16.3 Å². The molecule has 0 aliphatic heterocycles. The van der Waals surface area contributed by atoms with Crippen LogP contribution in [0.1, 0.15) is 57.8 Å². The first-order chi connectivity index (χ1) is 15.6. The summed E-state index contributed by atoms with van der Waals surface area (Å²) < 4.78 is 36.4. The van der Waals surface area contributed by atoms with Crippen molar-refractivity contribution in [2.45, 2.75) is 62.7 Å². The van der Waals surface area contributed by atoms with Crippen molar-refractivity contribution in [3.8, 4) is 5.75 Å². The molecule has 0 fully saturated rings. The fourth-order valence-corrected chi connectivity index (χ4v) is 3.38. The lowest BCUT2D eigenvalue weighted by molar-refractivity contribution is -0.134. The van der Waals surface area contributed by atoms with Crippen molar-refractivity contribution >= 4 is 33.2 Å². The molecule has 8 nitrogen and oxygen atoms in total. The van der Waals surface area contributed by atoms with E-state index in [-0.39, 0.29) is 22.8 Å². The van der Waals surface area contributed by atoms with Gasteiger partial charge in [0.1, 0.15) is 18.3 Å². The van der Waals surface area contributed by atoms with Crippen LogP contribution in [0.2, 0.25) is 0 Å². The summed E-state index contributed by atoms with van der Waals surface area (Å²) in [6.45, 7) is 4.15. The smallest absolute Gasteiger partial charge is 0.311 e. The van der Waals surface area contributed by atoms with Gasteiger partial charge in [0, 0.05) is 23.9 Å². The van der Waals surface area contributed by atoms with Crippen molar-refractivity contribution in [2.75, 3.05) is 26.2 Å². The van der Waals surface area contributed by atoms with Gasteiger partial charge in [0.05, 0.1) is 7.11 Å². The molecule has 1 aromatic rings. The second-order valence-corrected chi connectivity index (χ2v) is 10.7. The molecular weight excluding hydrogens is 466 g/mol. The Balaban J connectivity index is 0.00000150. The number of carbonyl (C=O) groups is 2. The fraction of sp³-hybridized carbons (Fsp3) is 0.565. The van der Waals surface area contributed by atoms with E-state index in [0.29, 0.717) is 12.2 Å². The van der Waals surface area contributed by atoms with E-state index in [9.17, 15) is 22.6 Å². The molecule has 0 aliphatic rings. The minimum atomic E-state index is -4.41. The SMILES string of the molecule is C=CC(=O)NCCCCCCCCCCC(=O)Oc1ccc([S+](C)C)cc1.COS(=O)(=O)[O-]. The van der Waals surface area contributed by atoms with Crippen LogP contribution >= 0.6 is 0 Å². The summed E-state index contributed by atoms with van der Waals surface area (Å²) in [5, 5.41) is 2.79. The predicted molar refractivity (Wildman–Crippen MR) is 131 cm³/mol. The van der Waals surface area contributed by atoms with Gasteiger partial charge in [-0.25, -0.2) is 8.42 Å². The summed E-state index contributed by atoms with van der Waals surface area (Å²) in [5.74, 6) is 0.399. The Morgan fingerprint density at radius 3 is 1.94 bits per heavy atom. The Morgan fingerprint density at radius 2 is 1.48 bits per heavy atom. The number of unbranched alkanes of at least 4 members (excludes halogenated alkanes) is 7. The summed E-state index contributed by atoms with van der Waals surface area (Å²) in [6.07, 6.45) is 15.0. The Bertz CT molecular complexity index is 794. The number of esters is 1. The number of ether oxygens (including phenoxy) is 1. The van der Waals surface area contributed by atoms with Gasteiger partial charge in [-0.05, 0) is 43.2 Å².